The second kappa shape index (κ2) is 11.0. The summed E-state index contributed by atoms with van der Waals surface area (Å²) in [7, 11) is -5.16. The van der Waals surface area contributed by atoms with Gasteiger partial charge in [0.1, 0.15) is 17.9 Å². The number of H-pyrrole nitrogens is 1. The van der Waals surface area contributed by atoms with Crippen molar-refractivity contribution < 1.29 is 32.0 Å². The third kappa shape index (κ3) is 5.46. The van der Waals surface area contributed by atoms with Crippen LogP contribution in [0.25, 0.3) is 61.3 Å². The quantitative estimate of drug-likeness (QED) is 0.171. The molecule has 6 aromatic heterocycles. The first kappa shape index (κ1) is 30.1. The zero-order valence-corrected chi connectivity index (χ0v) is 24.3. The van der Waals surface area contributed by atoms with E-state index in [0.717, 1.165) is 28.3 Å². The molecule has 0 spiro atoms. The minimum absolute atomic E-state index is 0.0264. The first-order chi connectivity index (χ1) is 22.4. The molecule has 7 rings (SSSR count). The molecule has 6 heterocycles. The molecule has 3 N–H and O–H groups in total. The molecule has 0 bridgehead atoms. The fourth-order valence-corrected chi connectivity index (χ4v) is 5.36. The van der Waals surface area contributed by atoms with Gasteiger partial charge in [-0.1, -0.05) is 6.07 Å². The minimum Gasteiger partial charge on any atom is -0.345 e. The lowest BCUT2D eigenvalue weighted by Gasteiger charge is -2.17. The summed E-state index contributed by atoms with van der Waals surface area (Å²) in [6.07, 6.45) is 2.70. The van der Waals surface area contributed by atoms with Gasteiger partial charge < -0.3 is 14.8 Å². The number of hydrogen-bond donors (Lipinski definition) is 3. The number of rotatable bonds is 6. The lowest BCUT2D eigenvalue weighted by molar-refractivity contribution is -0.137. The minimum atomic E-state index is -5.16. The van der Waals surface area contributed by atoms with Gasteiger partial charge in [0.05, 0.1) is 33.4 Å². The number of benzene rings is 1. The fraction of sp³-hybridized carbons (Fsp3) is 0.0690. The molecule has 0 radical (unpaired) electrons. The Balaban J connectivity index is 1.44. The van der Waals surface area contributed by atoms with Gasteiger partial charge in [-0.05, 0) is 42.5 Å². The molecule has 0 saturated carbocycles. The number of alkyl halides is 3. The average Bonchev–Trinajstić information content (AvgIpc) is 3.48. The van der Waals surface area contributed by atoms with Crippen molar-refractivity contribution in [2.45, 2.75) is 12.9 Å². The molecule has 0 fully saturated rings. The summed E-state index contributed by atoms with van der Waals surface area (Å²) in [4.78, 5) is 70.7. The van der Waals surface area contributed by atoms with E-state index in [1.165, 1.54) is 18.5 Å². The number of fused-ring (bicyclic) bond motifs is 4. The van der Waals surface area contributed by atoms with E-state index in [-0.39, 0.29) is 33.3 Å². The summed E-state index contributed by atoms with van der Waals surface area (Å²) in [5.41, 5.74) is -1.64. The molecule has 0 aliphatic heterocycles. The Hall–Kier alpha value is -5.61. The lowest BCUT2D eigenvalue weighted by Crippen LogP contribution is -2.40. The van der Waals surface area contributed by atoms with Gasteiger partial charge in [-0.25, -0.2) is 33.9 Å². The Morgan fingerprint density at radius 2 is 1.72 bits per heavy atom. The summed E-state index contributed by atoms with van der Waals surface area (Å²) in [6.45, 7) is -1.20. The topological polar surface area (TPSA) is 191 Å². The first-order valence-electron chi connectivity index (χ1n) is 13.5. The molecule has 18 heteroatoms. The standard InChI is InChI=1S/C29H18F3N8O6P/c30-29(31,32)16-3-1-4-17(9-16)40-24-20(27(41)39(28(40)42)14-46-47(43,44)45)13-34-22-7-6-21(38-23(22)24)15-10-35-26(36-11-15)19-12-37-25-18(19)5-2-8-33-25/h1-13H,14H2,(H,33,37)(H2,43,44,45). The van der Waals surface area contributed by atoms with Crippen molar-refractivity contribution in [2.75, 3.05) is 0 Å². The summed E-state index contributed by atoms with van der Waals surface area (Å²) >= 11 is 0. The van der Waals surface area contributed by atoms with Crippen LogP contribution < -0.4 is 11.2 Å². The number of aromatic amines is 1. The molecule has 236 valence electrons. The zero-order chi connectivity index (χ0) is 33.1. The number of hydrogen-bond acceptors (Lipinski definition) is 9. The summed E-state index contributed by atoms with van der Waals surface area (Å²) in [5.74, 6) is 0.400. The van der Waals surface area contributed by atoms with E-state index < -0.39 is 37.5 Å². The highest BCUT2D eigenvalue weighted by Crippen LogP contribution is 2.36. The lowest BCUT2D eigenvalue weighted by atomic mass is 10.1. The number of nitrogens with zero attached hydrogens (tertiary/aromatic N) is 7. The third-order valence-corrected chi connectivity index (χ3v) is 7.69. The SMILES string of the molecule is O=c1c2cnc3ccc(-c4cnc(-c5c[nH]c6ncccc56)nc4)nc3c2n(-c2cccc(C(F)(F)F)c2)c(=O)n1COP(=O)(O)O. The highest BCUT2D eigenvalue weighted by molar-refractivity contribution is 7.46. The van der Waals surface area contributed by atoms with Crippen LogP contribution in [0.1, 0.15) is 5.56 Å². The Morgan fingerprint density at radius 3 is 2.47 bits per heavy atom. The average molecular weight is 662 g/mol. The summed E-state index contributed by atoms with van der Waals surface area (Å²) in [5, 5.41) is 0.527. The van der Waals surface area contributed by atoms with Crippen LogP contribution in [0.15, 0.2) is 89.1 Å². The third-order valence-electron chi connectivity index (χ3n) is 7.23. The van der Waals surface area contributed by atoms with Crippen LogP contribution in [0, 0.1) is 0 Å². The molecule has 0 saturated heterocycles. The molecular formula is C29H18F3N8O6P. The Morgan fingerprint density at radius 1 is 0.936 bits per heavy atom. The van der Waals surface area contributed by atoms with Gasteiger partial charge in [0.15, 0.2) is 5.82 Å². The molecule has 0 amide bonds. The van der Waals surface area contributed by atoms with Crippen LogP contribution in [-0.2, 0) is 22.0 Å². The Kier molecular flexibility index (Phi) is 7.05. The number of aromatic nitrogens is 8. The number of phosphoric acid groups is 1. The Labute approximate surface area is 259 Å². The molecule has 0 aliphatic rings. The van der Waals surface area contributed by atoms with E-state index in [1.807, 2.05) is 6.07 Å². The Bertz CT molecular complexity index is 2530. The molecule has 0 atom stereocenters. The van der Waals surface area contributed by atoms with Gasteiger partial charge >= 0.3 is 19.7 Å². The zero-order valence-electron chi connectivity index (χ0n) is 23.5. The van der Waals surface area contributed by atoms with Gasteiger partial charge in [-0.15, -0.1) is 0 Å². The smallest absolute Gasteiger partial charge is 0.345 e. The first-order valence-corrected chi connectivity index (χ1v) is 15.0. The number of pyridine rings is 3. The van der Waals surface area contributed by atoms with Gasteiger partial charge in [0, 0.05) is 47.5 Å². The number of phosphoric ester groups is 1. The highest BCUT2D eigenvalue weighted by atomic mass is 31.2. The maximum Gasteiger partial charge on any atom is 0.471 e. The van der Waals surface area contributed by atoms with E-state index in [9.17, 15) is 37.1 Å². The molecule has 14 nitrogen and oxygen atoms in total. The maximum absolute atomic E-state index is 13.8. The van der Waals surface area contributed by atoms with Crippen LogP contribution in [0.2, 0.25) is 0 Å². The normalized spacial score (nSPS) is 12.4. The van der Waals surface area contributed by atoms with Gasteiger partial charge in [-0.2, -0.15) is 13.2 Å². The van der Waals surface area contributed by atoms with Crippen molar-refractivity contribution in [1.82, 2.24) is 39.0 Å². The molecule has 0 unspecified atom stereocenters. The second-order valence-electron chi connectivity index (χ2n) is 10.1. The fourth-order valence-electron chi connectivity index (χ4n) is 5.09. The van der Waals surface area contributed by atoms with Crippen LogP contribution in [0.4, 0.5) is 13.2 Å². The predicted molar refractivity (Wildman–Crippen MR) is 161 cm³/mol. The van der Waals surface area contributed by atoms with Crippen molar-refractivity contribution in [3.8, 4) is 28.3 Å². The molecular weight excluding hydrogens is 644 g/mol. The number of halogens is 3. The summed E-state index contributed by atoms with van der Waals surface area (Å²) < 4.78 is 58.0. The van der Waals surface area contributed by atoms with E-state index >= 15 is 0 Å². The van der Waals surface area contributed by atoms with E-state index in [0.29, 0.717) is 33.2 Å². The van der Waals surface area contributed by atoms with Crippen molar-refractivity contribution in [3.05, 3.63) is 106 Å². The van der Waals surface area contributed by atoms with E-state index in [4.69, 9.17) is 0 Å². The molecule has 0 aliphatic carbocycles. The van der Waals surface area contributed by atoms with Gasteiger partial charge in [0.2, 0.25) is 0 Å². The predicted octanol–water partition coefficient (Wildman–Crippen LogP) is 4.18. The van der Waals surface area contributed by atoms with Gasteiger partial charge in [-0.3, -0.25) is 18.9 Å². The van der Waals surface area contributed by atoms with Crippen molar-refractivity contribution in [1.29, 1.82) is 0 Å². The van der Waals surface area contributed by atoms with Crippen molar-refractivity contribution in [2.24, 2.45) is 0 Å². The van der Waals surface area contributed by atoms with Crippen LogP contribution in [0.5, 0.6) is 0 Å². The number of nitrogens with one attached hydrogen (secondary N) is 1. The van der Waals surface area contributed by atoms with E-state index in [1.54, 1.807) is 30.6 Å². The molecule has 1 aromatic carbocycles. The maximum atomic E-state index is 13.8. The van der Waals surface area contributed by atoms with Crippen LogP contribution >= 0.6 is 7.82 Å². The second-order valence-corrected chi connectivity index (χ2v) is 11.4. The highest BCUT2D eigenvalue weighted by Gasteiger charge is 2.31. The monoisotopic (exact) mass is 662 g/mol. The van der Waals surface area contributed by atoms with Crippen LogP contribution in [-0.4, -0.2) is 48.8 Å². The van der Waals surface area contributed by atoms with Crippen molar-refractivity contribution >= 4 is 40.8 Å². The largest absolute Gasteiger partial charge is 0.471 e. The van der Waals surface area contributed by atoms with Crippen molar-refractivity contribution in [3.63, 3.8) is 0 Å². The van der Waals surface area contributed by atoms with Crippen LogP contribution in [0.3, 0.4) is 0 Å². The van der Waals surface area contributed by atoms with E-state index in [2.05, 4.69) is 34.4 Å². The summed E-state index contributed by atoms with van der Waals surface area (Å²) in [6, 6.07) is 10.6. The van der Waals surface area contributed by atoms with Gasteiger partial charge in [0.25, 0.3) is 5.56 Å². The molecule has 7 aromatic rings. The molecule has 47 heavy (non-hydrogen) atoms.